The third kappa shape index (κ3) is 3.47. The normalized spacial score (nSPS) is 19.0. The standard InChI is InChI=1S/C23H23N3O3/c27-23-20-5-1-2-6-21(20)24-22(26(23)16-19-4-3-13-29-19)17-7-9-18(10-8-17)25-11-14-28-15-12-25/h1-10,13,22,24H,11-12,14-16H2/t22-/m0/s1. The number of carbonyl (C=O) groups excluding carboxylic acids is 1. The summed E-state index contributed by atoms with van der Waals surface area (Å²) in [5, 5.41) is 3.54. The number of para-hydroxylation sites is 1. The third-order valence-corrected chi connectivity index (χ3v) is 5.51. The van der Waals surface area contributed by atoms with E-state index in [9.17, 15) is 4.79 Å². The second-order valence-electron chi connectivity index (χ2n) is 7.30. The molecule has 2 aliphatic rings. The van der Waals surface area contributed by atoms with Crippen LogP contribution in [-0.2, 0) is 11.3 Å². The van der Waals surface area contributed by atoms with Crippen molar-refractivity contribution in [3.05, 3.63) is 83.8 Å². The lowest BCUT2D eigenvalue weighted by Crippen LogP contribution is -2.42. The smallest absolute Gasteiger partial charge is 0.258 e. The Hall–Kier alpha value is -3.25. The summed E-state index contributed by atoms with van der Waals surface area (Å²) >= 11 is 0. The quantitative estimate of drug-likeness (QED) is 0.734. The molecule has 6 nitrogen and oxygen atoms in total. The minimum absolute atomic E-state index is 0.00185. The molecule has 0 saturated carbocycles. The van der Waals surface area contributed by atoms with Crippen molar-refractivity contribution in [3.63, 3.8) is 0 Å². The number of nitrogens with one attached hydrogen (secondary N) is 1. The number of ether oxygens (including phenoxy) is 1. The molecule has 0 radical (unpaired) electrons. The molecular formula is C23H23N3O3. The van der Waals surface area contributed by atoms with Gasteiger partial charge < -0.3 is 24.3 Å². The van der Waals surface area contributed by atoms with Gasteiger partial charge >= 0.3 is 0 Å². The molecule has 1 aromatic heterocycles. The summed E-state index contributed by atoms with van der Waals surface area (Å²) in [5.74, 6) is 0.757. The molecule has 0 aliphatic carbocycles. The van der Waals surface area contributed by atoms with Crippen molar-refractivity contribution in [3.8, 4) is 0 Å². The van der Waals surface area contributed by atoms with Gasteiger partial charge in [-0.15, -0.1) is 0 Å². The second kappa shape index (κ2) is 7.64. The molecule has 1 fully saturated rings. The largest absolute Gasteiger partial charge is 0.467 e. The maximum Gasteiger partial charge on any atom is 0.258 e. The van der Waals surface area contributed by atoms with Crippen LogP contribution < -0.4 is 10.2 Å². The van der Waals surface area contributed by atoms with Gasteiger partial charge in [0.2, 0.25) is 0 Å². The van der Waals surface area contributed by atoms with Gasteiger partial charge in [-0.2, -0.15) is 0 Å². The fraction of sp³-hybridized carbons (Fsp3) is 0.261. The van der Waals surface area contributed by atoms with Crippen LogP contribution in [0.25, 0.3) is 0 Å². The SMILES string of the molecule is O=C1c2ccccc2N[C@H](c2ccc(N3CCOCC3)cc2)N1Cc1ccco1. The number of amides is 1. The first-order chi connectivity index (χ1) is 14.3. The highest BCUT2D eigenvalue weighted by Gasteiger charge is 2.33. The van der Waals surface area contributed by atoms with E-state index in [-0.39, 0.29) is 12.1 Å². The molecule has 3 heterocycles. The molecule has 0 spiro atoms. The van der Waals surface area contributed by atoms with Gasteiger partial charge in [0.25, 0.3) is 5.91 Å². The third-order valence-electron chi connectivity index (χ3n) is 5.51. The number of hydrogen-bond acceptors (Lipinski definition) is 5. The number of hydrogen-bond donors (Lipinski definition) is 1. The van der Waals surface area contributed by atoms with Crippen LogP contribution in [0.5, 0.6) is 0 Å². The van der Waals surface area contributed by atoms with E-state index in [1.807, 2.05) is 41.3 Å². The fourth-order valence-corrected chi connectivity index (χ4v) is 3.98. The zero-order valence-electron chi connectivity index (χ0n) is 16.1. The van der Waals surface area contributed by atoms with Gasteiger partial charge in [0.15, 0.2) is 0 Å². The van der Waals surface area contributed by atoms with Gasteiger partial charge in [-0.3, -0.25) is 4.79 Å². The van der Waals surface area contributed by atoms with E-state index in [2.05, 4.69) is 34.5 Å². The fourth-order valence-electron chi connectivity index (χ4n) is 3.98. The van der Waals surface area contributed by atoms with E-state index in [4.69, 9.17) is 9.15 Å². The Kier molecular flexibility index (Phi) is 4.69. The molecule has 0 unspecified atom stereocenters. The molecule has 5 rings (SSSR count). The predicted molar refractivity (Wildman–Crippen MR) is 111 cm³/mol. The number of rotatable bonds is 4. The average Bonchev–Trinajstić information content (AvgIpc) is 3.30. The topological polar surface area (TPSA) is 58.0 Å². The Bertz CT molecular complexity index is 979. The molecule has 148 valence electrons. The summed E-state index contributed by atoms with van der Waals surface area (Å²) in [6.07, 6.45) is 1.37. The molecule has 3 aromatic rings. The van der Waals surface area contributed by atoms with Crippen molar-refractivity contribution in [1.82, 2.24) is 4.90 Å². The Balaban J connectivity index is 1.46. The van der Waals surface area contributed by atoms with E-state index in [1.54, 1.807) is 6.26 Å². The molecule has 6 heteroatoms. The summed E-state index contributed by atoms with van der Waals surface area (Å²) in [4.78, 5) is 17.4. The number of benzene rings is 2. The minimum Gasteiger partial charge on any atom is -0.467 e. The Morgan fingerprint density at radius 2 is 1.76 bits per heavy atom. The number of anilines is 2. The average molecular weight is 389 g/mol. The van der Waals surface area contributed by atoms with E-state index in [0.717, 1.165) is 43.3 Å². The van der Waals surface area contributed by atoms with Gasteiger partial charge in [-0.1, -0.05) is 24.3 Å². The van der Waals surface area contributed by atoms with E-state index in [1.165, 1.54) is 5.69 Å². The lowest BCUT2D eigenvalue weighted by atomic mass is 10.0. The van der Waals surface area contributed by atoms with Crippen LogP contribution in [0, 0.1) is 0 Å². The highest BCUT2D eigenvalue weighted by atomic mass is 16.5. The minimum atomic E-state index is -0.263. The molecule has 2 aliphatic heterocycles. The van der Waals surface area contributed by atoms with Gasteiger partial charge in [0, 0.05) is 24.5 Å². The van der Waals surface area contributed by atoms with Crippen molar-refractivity contribution in [2.75, 3.05) is 36.5 Å². The van der Waals surface area contributed by atoms with E-state index >= 15 is 0 Å². The monoisotopic (exact) mass is 389 g/mol. The number of carbonyl (C=O) groups is 1. The summed E-state index contributed by atoms with van der Waals surface area (Å²) < 4.78 is 11.0. The number of fused-ring (bicyclic) bond motifs is 1. The van der Waals surface area contributed by atoms with Gasteiger partial charge in [0.1, 0.15) is 11.9 Å². The molecule has 2 aromatic carbocycles. The molecule has 1 amide bonds. The van der Waals surface area contributed by atoms with Gasteiger partial charge in [-0.05, 0) is 42.0 Å². The molecule has 1 saturated heterocycles. The molecule has 0 bridgehead atoms. The van der Waals surface area contributed by atoms with Gasteiger partial charge in [0.05, 0.1) is 31.6 Å². The van der Waals surface area contributed by atoms with Crippen LogP contribution in [0.2, 0.25) is 0 Å². The van der Waals surface area contributed by atoms with Crippen LogP contribution >= 0.6 is 0 Å². The van der Waals surface area contributed by atoms with Crippen molar-refractivity contribution < 1.29 is 13.9 Å². The van der Waals surface area contributed by atoms with Gasteiger partial charge in [-0.25, -0.2) is 0 Å². The maximum absolute atomic E-state index is 13.3. The van der Waals surface area contributed by atoms with Crippen LogP contribution in [-0.4, -0.2) is 37.1 Å². The summed E-state index contributed by atoms with van der Waals surface area (Å²) in [6, 6.07) is 19.8. The Morgan fingerprint density at radius 1 is 0.966 bits per heavy atom. The van der Waals surface area contributed by atoms with Crippen LogP contribution in [0.15, 0.2) is 71.3 Å². The first-order valence-corrected chi connectivity index (χ1v) is 9.91. The molecule has 1 N–H and O–H groups in total. The highest BCUT2D eigenvalue weighted by Crippen LogP contribution is 2.34. The van der Waals surface area contributed by atoms with Crippen LogP contribution in [0.3, 0.4) is 0 Å². The summed E-state index contributed by atoms with van der Waals surface area (Å²) in [7, 11) is 0. The maximum atomic E-state index is 13.3. The molecule has 1 atom stereocenters. The van der Waals surface area contributed by atoms with Crippen molar-refractivity contribution in [2.24, 2.45) is 0 Å². The lowest BCUT2D eigenvalue weighted by Gasteiger charge is -2.38. The number of morpholine rings is 1. The number of nitrogens with zero attached hydrogens (tertiary/aromatic N) is 2. The predicted octanol–water partition coefficient (Wildman–Crippen LogP) is 3.88. The van der Waals surface area contributed by atoms with E-state index in [0.29, 0.717) is 12.1 Å². The highest BCUT2D eigenvalue weighted by molar-refractivity contribution is 6.01. The van der Waals surface area contributed by atoms with Crippen molar-refractivity contribution >= 4 is 17.3 Å². The molecular weight excluding hydrogens is 366 g/mol. The zero-order valence-corrected chi connectivity index (χ0v) is 16.1. The first-order valence-electron chi connectivity index (χ1n) is 9.91. The lowest BCUT2D eigenvalue weighted by molar-refractivity contribution is 0.0651. The summed E-state index contributed by atoms with van der Waals surface area (Å²) in [6.45, 7) is 3.72. The van der Waals surface area contributed by atoms with Crippen molar-refractivity contribution in [1.29, 1.82) is 0 Å². The van der Waals surface area contributed by atoms with Crippen molar-refractivity contribution in [2.45, 2.75) is 12.7 Å². The first kappa shape index (κ1) is 17.8. The molecule has 29 heavy (non-hydrogen) atoms. The zero-order chi connectivity index (χ0) is 19.6. The second-order valence-corrected chi connectivity index (χ2v) is 7.30. The summed E-state index contributed by atoms with van der Waals surface area (Å²) in [5.41, 5.74) is 3.75. The number of furan rings is 1. The van der Waals surface area contributed by atoms with E-state index < -0.39 is 0 Å². The Labute approximate surface area is 169 Å². The van der Waals surface area contributed by atoms with Crippen LogP contribution in [0.1, 0.15) is 27.8 Å². The van der Waals surface area contributed by atoms with Crippen LogP contribution in [0.4, 0.5) is 11.4 Å². The Morgan fingerprint density at radius 3 is 2.52 bits per heavy atom.